The Kier molecular flexibility index (Phi) is 15.1. The lowest BCUT2D eigenvalue weighted by Crippen LogP contribution is -2.53. The van der Waals surface area contributed by atoms with Crippen molar-refractivity contribution in [3.63, 3.8) is 0 Å². The first kappa shape index (κ1) is 48.0. The predicted molar refractivity (Wildman–Crippen MR) is 277 cm³/mol. The number of carbonyl (C=O) groups excluding carboxylic acids is 2. The Morgan fingerprint density at radius 1 is 0.458 bits per heavy atom. The van der Waals surface area contributed by atoms with Crippen LogP contribution < -0.4 is 40.3 Å². The Hall–Kier alpha value is -7.66. The lowest BCUT2D eigenvalue weighted by molar-refractivity contribution is 0.122. The van der Waals surface area contributed by atoms with Gasteiger partial charge in [0.15, 0.2) is 11.6 Å². The Balaban J connectivity index is 1.03. The number of pyridine rings is 2. The molecule has 4 aliphatic heterocycles. The molecule has 22 heteroatoms. The first-order chi connectivity index (χ1) is 35.3. The minimum atomic E-state index is -0.631. The summed E-state index contributed by atoms with van der Waals surface area (Å²) in [6.45, 7) is 11.9. The highest BCUT2D eigenvalue weighted by molar-refractivity contribution is 6.13. The molecule has 2 aromatic carbocycles. The Morgan fingerprint density at radius 3 is 1.32 bits per heavy atom. The molecule has 0 unspecified atom stereocenters. The van der Waals surface area contributed by atoms with Gasteiger partial charge >= 0.3 is 12.1 Å². The lowest BCUT2D eigenvalue weighted by atomic mass is 10.1. The van der Waals surface area contributed by atoms with E-state index in [2.05, 4.69) is 64.1 Å². The van der Waals surface area contributed by atoms with E-state index in [9.17, 15) is 9.59 Å². The molecule has 8 heterocycles. The summed E-state index contributed by atoms with van der Waals surface area (Å²) in [5.74, 6) is 3.37. The SMILES string of the molecule is CN1CCCN(c2nc(-c3ccc(N(C(=O)Nc4ccncc4)N(C(=O)Nc4cccnc4)c4ccc(-c5nc(N6CCOCC6)nc(N6CCCN(C)CC6)n5)cc4)cc3)nc(N3CCOCC3)n2)CC1. The van der Waals surface area contributed by atoms with Crippen LogP contribution in [0.5, 0.6) is 0 Å². The van der Waals surface area contributed by atoms with Crippen molar-refractivity contribution in [3.8, 4) is 22.8 Å². The van der Waals surface area contributed by atoms with Crippen molar-refractivity contribution in [2.24, 2.45) is 0 Å². The number of nitrogens with zero attached hydrogens (tertiary/aromatic N) is 16. The Bertz CT molecular complexity index is 2560. The molecule has 4 saturated heterocycles. The number of carbonyl (C=O) groups is 2. The number of urea groups is 2. The van der Waals surface area contributed by atoms with Crippen molar-refractivity contribution >= 4 is 58.6 Å². The highest BCUT2D eigenvalue weighted by Crippen LogP contribution is 2.32. The van der Waals surface area contributed by atoms with E-state index < -0.39 is 12.1 Å². The van der Waals surface area contributed by atoms with E-state index >= 15 is 0 Å². The number of rotatable bonds is 10. The van der Waals surface area contributed by atoms with Crippen LogP contribution in [0.1, 0.15) is 12.8 Å². The average Bonchev–Trinajstić information content (AvgIpc) is 3.80. The Morgan fingerprint density at radius 2 is 0.889 bits per heavy atom. The molecule has 4 amide bonds. The van der Waals surface area contributed by atoms with Gasteiger partial charge in [-0.15, -0.1) is 0 Å². The van der Waals surface area contributed by atoms with E-state index in [1.165, 1.54) is 10.0 Å². The van der Waals surface area contributed by atoms with Crippen LogP contribution in [-0.2, 0) is 9.47 Å². The number of hydrogen-bond acceptors (Lipinski definition) is 18. The third-order valence-corrected chi connectivity index (χ3v) is 13.0. The second kappa shape index (κ2) is 22.6. The maximum absolute atomic E-state index is 14.9. The largest absolute Gasteiger partial charge is 0.378 e. The fraction of sp³-hybridized carbons (Fsp3) is 0.400. The number of nitrogens with one attached hydrogen (secondary N) is 2. The minimum Gasteiger partial charge on any atom is -0.378 e. The van der Waals surface area contributed by atoms with E-state index in [0.717, 1.165) is 65.2 Å². The second-order valence-electron chi connectivity index (χ2n) is 18.1. The molecule has 0 atom stereocenters. The molecule has 2 N–H and O–H groups in total. The molecule has 6 aromatic rings. The molecule has 0 aliphatic carbocycles. The van der Waals surface area contributed by atoms with Crippen LogP contribution in [0, 0.1) is 0 Å². The molecule has 4 fully saturated rings. The van der Waals surface area contributed by atoms with Crippen LogP contribution in [0.3, 0.4) is 0 Å². The fourth-order valence-electron chi connectivity index (χ4n) is 8.93. The predicted octanol–water partition coefficient (Wildman–Crippen LogP) is 4.83. The fourth-order valence-corrected chi connectivity index (χ4v) is 8.93. The molecular weight excluding hydrogens is 917 g/mol. The summed E-state index contributed by atoms with van der Waals surface area (Å²) in [6.07, 6.45) is 8.29. The molecule has 22 nitrogen and oxygen atoms in total. The quantitative estimate of drug-likeness (QED) is 0.176. The van der Waals surface area contributed by atoms with Gasteiger partial charge in [-0.2, -0.15) is 39.9 Å². The molecule has 4 aromatic heterocycles. The van der Waals surface area contributed by atoms with Gasteiger partial charge in [-0.05, 0) is 113 Å². The first-order valence-electron chi connectivity index (χ1n) is 24.6. The van der Waals surface area contributed by atoms with Crippen LogP contribution in [0.2, 0.25) is 0 Å². The summed E-state index contributed by atoms with van der Waals surface area (Å²) in [7, 11) is 4.26. The number of morpholine rings is 2. The summed E-state index contributed by atoms with van der Waals surface area (Å²) in [5, 5.41) is 8.53. The van der Waals surface area contributed by atoms with Gasteiger partial charge in [0.25, 0.3) is 0 Å². The van der Waals surface area contributed by atoms with Crippen molar-refractivity contribution in [3.05, 3.63) is 97.6 Å². The van der Waals surface area contributed by atoms with E-state index in [0.29, 0.717) is 122 Å². The van der Waals surface area contributed by atoms with Crippen LogP contribution in [-0.4, -0.2) is 181 Å². The zero-order chi connectivity index (χ0) is 49.2. The number of aromatic nitrogens is 8. The van der Waals surface area contributed by atoms with Crippen molar-refractivity contribution < 1.29 is 19.1 Å². The molecule has 72 heavy (non-hydrogen) atoms. The highest BCUT2D eigenvalue weighted by atomic mass is 16.5. The van der Waals surface area contributed by atoms with E-state index in [-0.39, 0.29) is 0 Å². The summed E-state index contributed by atoms with van der Waals surface area (Å²) in [6, 6.07) is 20.1. The molecule has 10 rings (SSSR count). The van der Waals surface area contributed by atoms with Gasteiger partial charge in [-0.1, -0.05) is 0 Å². The maximum atomic E-state index is 14.9. The summed E-state index contributed by atoms with van der Waals surface area (Å²) < 4.78 is 11.3. The van der Waals surface area contributed by atoms with Crippen molar-refractivity contribution in [1.82, 2.24) is 49.7 Å². The smallest absolute Gasteiger partial charge is 0.345 e. The van der Waals surface area contributed by atoms with Crippen LogP contribution in [0.15, 0.2) is 97.6 Å². The van der Waals surface area contributed by atoms with Gasteiger partial charge in [0.1, 0.15) is 0 Å². The number of hydrogen-bond donors (Lipinski definition) is 2. The van der Waals surface area contributed by atoms with Gasteiger partial charge in [0.2, 0.25) is 23.8 Å². The number of anilines is 8. The van der Waals surface area contributed by atoms with Gasteiger partial charge < -0.3 is 49.5 Å². The van der Waals surface area contributed by atoms with Gasteiger partial charge in [-0.25, -0.2) is 9.59 Å². The normalized spacial score (nSPS) is 17.2. The van der Waals surface area contributed by atoms with Crippen molar-refractivity contribution in [2.75, 3.05) is 159 Å². The van der Waals surface area contributed by atoms with Crippen molar-refractivity contribution in [2.45, 2.75) is 12.8 Å². The van der Waals surface area contributed by atoms with Crippen LogP contribution >= 0.6 is 0 Å². The third kappa shape index (κ3) is 11.6. The molecule has 0 radical (unpaired) electrons. The monoisotopic (exact) mass is 977 g/mol. The topological polar surface area (TPSA) is 206 Å². The number of likely N-dealkylation sites (N-methyl/N-ethyl adjacent to an activating group) is 2. The molecule has 0 bridgehead atoms. The number of ether oxygens (including phenoxy) is 2. The number of hydrazine groups is 1. The minimum absolute atomic E-state index is 0.368. The van der Waals surface area contributed by atoms with E-state index in [4.69, 9.17) is 39.4 Å². The summed E-state index contributed by atoms with van der Waals surface area (Å²) in [5.41, 5.74) is 3.05. The van der Waals surface area contributed by atoms with Crippen LogP contribution in [0.4, 0.5) is 56.1 Å². The van der Waals surface area contributed by atoms with E-state index in [1.807, 2.05) is 24.3 Å². The van der Waals surface area contributed by atoms with Gasteiger partial charge in [0.05, 0.1) is 49.7 Å². The van der Waals surface area contributed by atoms with Gasteiger partial charge in [-0.3, -0.25) is 9.97 Å². The van der Waals surface area contributed by atoms with Crippen molar-refractivity contribution in [1.29, 1.82) is 0 Å². The molecular formula is C50H60N18O4. The average molecular weight is 977 g/mol. The first-order valence-corrected chi connectivity index (χ1v) is 24.6. The highest BCUT2D eigenvalue weighted by Gasteiger charge is 2.32. The van der Waals surface area contributed by atoms with Gasteiger partial charge in [0, 0.05) is 101 Å². The zero-order valence-electron chi connectivity index (χ0n) is 40.8. The molecule has 4 aliphatic rings. The maximum Gasteiger partial charge on any atom is 0.345 e. The molecule has 0 spiro atoms. The Labute approximate surface area is 418 Å². The molecule has 374 valence electrons. The zero-order valence-corrected chi connectivity index (χ0v) is 40.8. The number of benzene rings is 2. The molecule has 0 saturated carbocycles. The standard InChI is InChI=1S/C50H60N18O4/c1-61-20-4-22-63(26-24-61)45-55-43(57-47(59-45)65-28-32-71-33-29-65)37-7-11-41(12-8-37)67(49(69)53-39-15-18-51-19-16-39)68(50(70)54-40-6-3-17-52-36-40)42-13-9-38(10-14-42)44-56-46(64-23-5-21-62(2)25-27-64)60-48(58-44)66-30-34-72-35-31-66/h3,6-19,36H,4-5,20-35H2,1-2H3,(H,54,70)(H,51,53,69). The van der Waals surface area contributed by atoms with Crippen LogP contribution in [0.25, 0.3) is 22.8 Å². The summed E-state index contributed by atoms with van der Waals surface area (Å²) >= 11 is 0. The second-order valence-corrected chi connectivity index (χ2v) is 18.1. The lowest BCUT2D eigenvalue weighted by Gasteiger charge is -2.35. The summed E-state index contributed by atoms with van der Waals surface area (Å²) in [4.78, 5) is 81.5. The third-order valence-electron chi connectivity index (χ3n) is 13.0. The number of amides is 4. The van der Waals surface area contributed by atoms with E-state index in [1.54, 1.807) is 73.3 Å².